The van der Waals surface area contributed by atoms with Crippen molar-refractivity contribution >= 4 is 17.3 Å². The number of carboxylic acids is 1. The first-order valence-corrected chi connectivity index (χ1v) is 4.70. The summed E-state index contributed by atoms with van der Waals surface area (Å²) in [7, 11) is 1.73. The largest absolute Gasteiger partial charge is 0.478 e. The lowest BCUT2D eigenvalue weighted by molar-refractivity contribution is -0.384. The van der Waals surface area contributed by atoms with Crippen LogP contribution in [0.15, 0.2) is 18.2 Å². The fourth-order valence-electron chi connectivity index (χ4n) is 1.31. The molecule has 0 bridgehead atoms. The van der Waals surface area contributed by atoms with E-state index in [2.05, 4.69) is 0 Å². The lowest BCUT2D eigenvalue weighted by atomic mass is 10.1. The minimum atomic E-state index is -1.17. The number of hydrogen-bond donors (Lipinski definition) is 1. The molecule has 0 aliphatic carbocycles. The minimum Gasteiger partial charge on any atom is -0.478 e. The summed E-state index contributed by atoms with van der Waals surface area (Å²) < 4.78 is 0. The number of benzene rings is 1. The molecule has 0 radical (unpaired) electrons. The van der Waals surface area contributed by atoms with E-state index in [0.29, 0.717) is 12.2 Å². The van der Waals surface area contributed by atoms with E-state index in [4.69, 9.17) is 5.11 Å². The maximum absolute atomic E-state index is 11.0. The molecule has 0 aliphatic heterocycles. The van der Waals surface area contributed by atoms with Gasteiger partial charge >= 0.3 is 5.97 Å². The molecule has 1 N–H and O–H groups in total. The van der Waals surface area contributed by atoms with Crippen LogP contribution in [-0.4, -0.2) is 29.6 Å². The van der Waals surface area contributed by atoms with Gasteiger partial charge in [-0.15, -0.1) is 0 Å². The first kappa shape index (κ1) is 12.0. The number of anilines is 1. The summed E-state index contributed by atoms with van der Waals surface area (Å²) >= 11 is 0. The Morgan fingerprint density at radius 3 is 2.62 bits per heavy atom. The van der Waals surface area contributed by atoms with Crippen molar-refractivity contribution in [1.29, 1.82) is 0 Å². The molecule has 0 aliphatic rings. The normalized spacial score (nSPS) is 9.88. The first-order valence-electron chi connectivity index (χ1n) is 4.70. The third-order valence-corrected chi connectivity index (χ3v) is 2.31. The summed E-state index contributed by atoms with van der Waals surface area (Å²) in [6.07, 6.45) is 0. The van der Waals surface area contributed by atoms with Crippen LogP contribution in [0.1, 0.15) is 17.3 Å². The maximum Gasteiger partial charge on any atom is 0.338 e. The first-order chi connectivity index (χ1) is 7.47. The van der Waals surface area contributed by atoms with E-state index in [1.54, 1.807) is 11.9 Å². The predicted molar refractivity (Wildman–Crippen MR) is 59.0 cm³/mol. The van der Waals surface area contributed by atoms with Crippen molar-refractivity contribution in [2.24, 2.45) is 0 Å². The van der Waals surface area contributed by atoms with Crippen LogP contribution >= 0.6 is 0 Å². The highest BCUT2D eigenvalue weighted by Gasteiger charge is 2.17. The van der Waals surface area contributed by atoms with Crippen LogP contribution in [0, 0.1) is 10.1 Å². The lowest BCUT2D eigenvalue weighted by Crippen LogP contribution is -2.19. The van der Waals surface area contributed by atoms with Crippen LogP contribution in [-0.2, 0) is 0 Å². The molecule has 0 saturated heterocycles. The summed E-state index contributed by atoms with van der Waals surface area (Å²) in [5.74, 6) is -1.17. The van der Waals surface area contributed by atoms with Gasteiger partial charge in [-0.2, -0.15) is 0 Å². The molecule has 86 valence electrons. The van der Waals surface area contributed by atoms with Crippen molar-refractivity contribution in [2.75, 3.05) is 18.5 Å². The molecule has 0 amide bonds. The number of hydrogen-bond acceptors (Lipinski definition) is 4. The number of rotatable bonds is 4. The zero-order valence-electron chi connectivity index (χ0n) is 9.01. The molecule has 0 spiro atoms. The van der Waals surface area contributed by atoms with Crippen molar-refractivity contribution < 1.29 is 14.8 Å². The molecule has 0 aromatic heterocycles. The average Bonchev–Trinajstić information content (AvgIpc) is 2.26. The van der Waals surface area contributed by atoms with Gasteiger partial charge < -0.3 is 10.0 Å². The summed E-state index contributed by atoms with van der Waals surface area (Å²) in [6, 6.07) is 3.82. The van der Waals surface area contributed by atoms with Crippen LogP contribution in [0.4, 0.5) is 11.4 Å². The van der Waals surface area contributed by atoms with Gasteiger partial charge in [-0.3, -0.25) is 10.1 Å². The Labute approximate surface area is 92.3 Å². The van der Waals surface area contributed by atoms with E-state index in [1.165, 1.54) is 12.1 Å². The number of nitro benzene ring substituents is 1. The summed E-state index contributed by atoms with van der Waals surface area (Å²) in [4.78, 5) is 22.6. The van der Waals surface area contributed by atoms with Gasteiger partial charge in [-0.05, 0) is 13.0 Å². The molecule has 0 unspecified atom stereocenters. The molecule has 0 fully saturated rings. The molecule has 1 aromatic carbocycles. The van der Waals surface area contributed by atoms with Crippen LogP contribution in [0.2, 0.25) is 0 Å². The third-order valence-electron chi connectivity index (χ3n) is 2.31. The van der Waals surface area contributed by atoms with Crippen molar-refractivity contribution in [3.05, 3.63) is 33.9 Å². The van der Waals surface area contributed by atoms with Crippen molar-refractivity contribution in [3.63, 3.8) is 0 Å². The number of carboxylic acid groups (broad SMARTS) is 1. The van der Waals surface area contributed by atoms with Crippen molar-refractivity contribution in [2.45, 2.75) is 6.92 Å². The second kappa shape index (κ2) is 4.61. The Kier molecular flexibility index (Phi) is 3.44. The maximum atomic E-state index is 11.0. The zero-order valence-corrected chi connectivity index (χ0v) is 9.01. The van der Waals surface area contributed by atoms with Gasteiger partial charge in [0.25, 0.3) is 5.69 Å². The Balaban J connectivity index is 3.30. The van der Waals surface area contributed by atoms with Gasteiger partial charge in [0.2, 0.25) is 0 Å². The number of aromatic carboxylic acids is 1. The molecule has 1 rings (SSSR count). The molecule has 1 aromatic rings. The molecule has 6 nitrogen and oxygen atoms in total. The minimum absolute atomic E-state index is 0.0569. The van der Waals surface area contributed by atoms with E-state index >= 15 is 0 Å². The fourth-order valence-corrected chi connectivity index (χ4v) is 1.31. The summed E-state index contributed by atoms with van der Waals surface area (Å²) in [5.41, 5.74) is 0.199. The van der Waals surface area contributed by atoms with E-state index in [9.17, 15) is 14.9 Å². The molecular weight excluding hydrogens is 212 g/mol. The van der Waals surface area contributed by atoms with Gasteiger partial charge in [0.05, 0.1) is 16.2 Å². The molecule has 0 saturated carbocycles. The van der Waals surface area contributed by atoms with Gasteiger partial charge in [-0.25, -0.2) is 4.79 Å². The van der Waals surface area contributed by atoms with Crippen LogP contribution < -0.4 is 4.90 Å². The monoisotopic (exact) mass is 224 g/mol. The van der Waals surface area contributed by atoms with Gasteiger partial charge in [0, 0.05) is 25.7 Å². The molecular formula is C10H12N2O4. The second-order valence-electron chi connectivity index (χ2n) is 3.28. The van der Waals surface area contributed by atoms with E-state index in [0.717, 1.165) is 6.07 Å². The Hall–Kier alpha value is -2.11. The molecule has 0 heterocycles. The standard InChI is InChI=1S/C10H12N2O4/c1-3-11(2)9-5-4-7(12(15)16)6-8(9)10(13)14/h4-6H,3H2,1-2H3,(H,13,14). The van der Waals surface area contributed by atoms with Crippen LogP contribution in [0.3, 0.4) is 0 Å². The molecule has 0 atom stereocenters. The SMILES string of the molecule is CCN(C)c1ccc([N+](=O)[O-])cc1C(=O)O. The van der Waals surface area contributed by atoms with Crippen LogP contribution in [0.5, 0.6) is 0 Å². The Morgan fingerprint density at radius 2 is 2.19 bits per heavy atom. The van der Waals surface area contributed by atoms with Gasteiger partial charge in [0.15, 0.2) is 0 Å². The Bertz CT molecular complexity index is 431. The topological polar surface area (TPSA) is 83.7 Å². The average molecular weight is 224 g/mol. The van der Waals surface area contributed by atoms with Gasteiger partial charge in [0.1, 0.15) is 0 Å². The second-order valence-corrected chi connectivity index (χ2v) is 3.28. The summed E-state index contributed by atoms with van der Waals surface area (Å²) in [5, 5.41) is 19.5. The molecule has 16 heavy (non-hydrogen) atoms. The number of carbonyl (C=O) groups is 1. The van der Waals surface area contributed by atoms with Crippen molar-refractivity contribution in [1.82, 2.24) is 0 Å². The Morgan fingerprint density at radius 1 is 1.56 bits per heavy atom. The van der Waals surface area contributed by atoms with E-state index in [-0.39, 0.29) is 11.3 Å². The number of nitrogens with zero attached hydrogens (tertiary/aromatic N) is 2. The third kappa shape index (κ3) is 2.28. The van der Waals surface area contributed by atoms with E-state index < -0.39 is 10.9 Å². The highest BCUT2D eigenvalue weighted by atomic mass is 16.6. The highest BCUT2D eigenvalue weighted by molar-refractivity contribution is 5.95. The smallest absolute Gasteiger partial charge is 0.338 e. The summed E-state index contributed by atoms with van der Waals surface area (Å²) in [6.45, 7) is 2.49. The van der Waals surface area contributed by atoms with E-state index in [1.807, 2.05) is 6.92 Å². The molecule has 6 heteroatoms. The number of nitro groups is 1. The predicted octanol–water partition coefficient (Wildman–Crippen LogP) is 1.75. The fraction of sp³-hybridized carbons (Fsp3) is 0.300. The highest BCUT2D eigenvalue weighted by Crippen LogP contribution is 2.24. The number of non-ortho nitro benzene ring substituents is 1. The van der Waals surface area contributed by atoms with Crippen molar-refractivity contribution in [3.8, 4) is 0 Å². The van der Waals surface area contributed by atoms with Gasteiger partial charge in [-0.1, -0.05) is 0 Å². The quantitative estimate of drug-likeness (QED) is 0.622. The zero-order chi connectivity index (χ0) is 12.3. The lowest BCUT2D eigenvalue weighted by Gasteiger charge is -2.18. The van der Waals surface area contributed by atoms with Crippen LogP contribution in [0.25, 0.3) is 0 Å².